The third-order valence-corrected chi connectivity index (χ3v) is 2.65. The lowest BCUT2D eigenvalue weighted by atomic mass is 10.1. The maximum Gasteiger partial charge on any atom is 0.162 e. The molecule has 78 valence electrons. The summed E-state index contributed by atoms with van der Waals surface area (Å²) in [4.78, 5) is 0. The lowest BCUT2D eigenvalue weighted by molar-refractivity contribution is 0.00758. The summed E-state index contributed by atoms with van der Waals surface area (Å²) in [5.74, 6) is 1.72. The van der Waals surface area contributed by atoms with Crippen LogP contribution in [0, 0.1) is 0 Å². The lowest BCUT2D eigenvalue weighted by Crippen LogP contribution is -2.16. The Balaban J connectivity index is 2.18. The van der Waals surface area contributed by atoms with Crippen LogP contribution in [0.4, 0.5) is 0 Å². The van der Waals surface area contributed by atoms with Crippen molar-refractivity contribution in [2.75, 3.05) is 6.61 Å². The van der Waals surface area contributed by atoms with Crippen LogP contribution >= 0.6 is 0 Å². The Labute approximate surface area is 83.3 Å². The van der Waals surface area contributed by atoms with E-state index in [1.807, 2.05) is 11.6 Å². The maximum absolute atomic E-state index is 5.64. The fourth-order valence-corrected chi connectivity index (χ4v) is 1.78. The molecule has 0 aliphatic carbocycles. The van der Waals surface area contributed by atoms with Crippen molar-refractivity contribution in [1.29, 1.82) is 0 Å². The van der Waals surface area contributed by atoms with E-state index in [2.05, 4.69) is 10.2 Å². The monoisotopic (exact) mass is 196 g/mol. The van der Waals surface area contributed by atoms with Gasteiger partial charge in [-0.3, -0.25) is 0 Å². The summed E-state index contributed by atoms with van der Waals surface area (Å²) in [6.45, 7) is 1.26. The van der Waals surface area contributed by atoms with Gasteiger partial charge in [-0.15, -0.1) is 10.2 Å². The first kappa shape index (κ1) is 9.61. The molecule has 1 aliphatic rings. The van der Waals surface area contributed by atoms with Crippen molar-refractivity contribution < 1.29 is 4.74 Å². The van der Waals surface area contributed by atoms with Gasteiger partial charge in [0.2, 0.25) is 0 Å². The Morgan fingerprint density at radius 2 is 2.36 bits per heavy atom. The van der Waals surface area contributed by atoms with Gasteiger partial charge in [0.25, 0.3) is 0 Å². The van der Waals surface area contributed by atoms with Crippen LogP contribution in [0.1, 0.15) is 37.0 Å². The maximum atomic E-state index is 5.64. The summed E-state index contributed by atoms with van der Waals surface area (Å²) in [7, 11) is 1.94. The smallest absolute Gasteiger partial charge is 0.162 e. The van der Waals surface area contributed by atoms with Gasteiger partial charge in [-0.1, -0.05) is 0 Å². The van der Waals surface area contributed by atoms with Gasteiger partial charge < -0.3 is 15.0 Å². The van der Waals surface area contributed by atoms with E-state index in [4.69, 9.17) is 10.5 Å². The van der Waals surface area contributed by atoms with Gasteiger partial charge in [0.1, 0.15) is 11.9 Å². The summed E-state index contributed by atoms with van der Waals surface area (Å²) in [5, 5.41) is 8.14. The van der Waals surface area contributed by atoms with Crippen LogP contribution in [0.5, 0.6) is 0 Å². The fourth-order valence-electron chi connectivity index (χ4n) is 1.78. The summed E-state index contributed by atoms with van der Waals surface area (Å²) in [6.07, 6.45) is 3.51. The second-order valence-corrected chi connectivity index (χ2v) is 3.59. The lowest BCUT2D eigenvalue weighted by Gasteiger charge is -2.21. The Bertz CT molecular complexity index is 304. The number of rotatable bonds is 2. The highest BCUT2D eigenvalue weighted by Crippen LogP contribution is 2.26. The Kier molecular flexibility index (Phi) is 2.79. The summed E-state index contributed by atoms with van der Waals surface area (Å²) < 4.78 is 7.58. The first-order valence-electron chi connectivity index (χ1n) is 5.02. The van der Waals surface area contributed by atoms with Crippen molar-refractivity contribution in [2.45, 2.75) is 31.9 Å². The minimum absolute atomic E-state index is 0.113. The zero-order valence-electron chi connectivity index (χ0n) is 8.44. The highest BCUT2D eigenvalue weighted by Gasteiger charge is 2.21. The Morgan fingerprint density at radius 3 is 2.93 bits per heavy atom. The molecule has 1 unspecified atom stereocenters. The molecule has 1 atom stereocenters. The molecule has 2 rings (SSSR count). The average Bonchev–Trinajstić information content (AvgIpc) is 2.61. The van der Waals surface area contributed by atoms with Crippen molar-refractivity contribution in [3.63, 3.8) is 0 Å². The van der Waals surface area contributed by atoms with Crippen LogP contribution in [-0.4, -0.2) is 21.4 Å². The quantitative estimate of drug-likeness (QED) is 0.748. The molecule has 0 aromatic carbocycles. The van der Waals surface area contributed by atoms with Crippen molar-refractivity contribution in [1.82, 2.24) is 14.8 Å². The number of hydrogen-bond acceptors (Lipinski definition) is 4. The summed E-state index contributed by atoms with van der Waals surface area (Å²) in [6, 6.07) is 0. The first-order chi connectivity index (χ1) is 6.83. The molecule has 0 saturated carbocycles. The van der Waals surface area contributed by atoms with E-state index in [0.29, 0.717) is 6.54 Å². The van der Waals surface area contributed by atoms with Crippen molar-refractivity contribution in [3.05, 3.63) is 11.6 Å². The molecule has 5 heteroatoms. The molecule has 2 heterocycles. The molecule has 0 radical (unpaired) electrons. The second kappa shape index (κ2) is 4.06. The molecule has 1 fully saturated rings. The SMILES string of the molecule is Cn1c(CN)nnc1C1CCCCO1. The minimum Gasteiger partial charge on any atom is -0.370 e. The molecule has 1 aliphatic heterocycles. The molecule has 14 heavy (non-hydrogen) atoms. The molecular weight excluding hydrogens is 180 g/mol. The molecule has 0 amide bonds. The van der Waals surface area contributed by atoms with E-state index in [0.717, 1.165) is 31.1 Å². The van der Waals surface area contributed by atoms with Crippen molar-refractivity contribution >= 4 is 0 Å². The Hall–Kier alpha value is -0.940. The number of hydrogen-bond donors (Lipinski definition) is 1. The molecule has 1 saturated heterocycles. The molecule has 1 aromatic rings. The van der Waals surface area contributed by atoms with Crippen LogP contribution in [-0.2, 0) is 18.3 Å². The number of ether oxygens (including phenoxy) is 1. The van der Waals surface area contributed by atoms with Crippen LogP contribution < -0.4 is 5.73 Å². The first-order valence-corrected chi connectivity index (χ1v) is 5.02. The highest BCUT2D eigenvalue weighted by molar-refractivity contribution is 4.98. The van der Waals surface area contributed by atoms with Gasteiger partial charge >= 0.3 is 0 Å². The van der Waals surface area contributed by atoms with Gasteiger partial charge in [0, 0.05) is 13.7 Å². The van der Waals surface area contributed by atoms with Gasteiger partial charge in [0.15, 0.2) is 5.82 Å². The Morgan fingerprint density at radius 1 is 1.50 bits per heavy atom. The van der Waals surface area contributed by atoms with Crippen LogP contribution in [0.3, 0.4) is 0 Å². The third-order valence-electron chi connectivity index (χ3n) is 2.65. The summed E-state index contributed by atoms with van der Waals surface area (Å²) in [5.41, 5.74) is 5.53. The molecule has 0 spiro atoms. The standard InChI is InChI=1S/C9H16N4O/c1-13-8(6-10)11-12-9(13)7-4-2-3-5-14-7/h7H,2-6,10H2,1H3. The van der Waals surface area contributed by atoms with Crippen LogP contribution in [0.25, 0.3) is 0 Å². The number of aromatic nitrogens is 3. The van der Waals surface area contributed by atoms with Crippen molar-refractivity contribution in [2.24, 2.45) is 12.8 Å². The highest BCUT2D eigenvalue weighted by atomic mass is 16.5. The minimum atomic E-state index is 0.113. The van der Waals surface area contributed by atoms with Gasteiger partial charge in [-0.25, -0.2) is 0 Å². The molecule has 0 bridgehead atoms. The van der Waals surface area contributed by atoms with Gasteiger partial charge in [-0.05, 0) is 19.3 Å². The molecule has 2 N–H and O–H groups in total. The average molecular weight is 196 g/mol. The van der Waals surface area contributed by atoms with Crippen LogP contribution in [0.15, 0.2) is 0 Å². The zero-order valence-corrected chi connectivity index (χ0v) is 8.44. The second-order valence-electron chi connectivity index (χ2n) is 3.59. The third kappa shape index (κ3) is 1.65. The van der Waals surface area contributed by atoms with E-state index >= 15 is 0 Å². The van der Waals surface area contributed by atoms with E-state index in [-0.39, 0.29) is 6.10 Å². The summed E-state index contributed by atoms with van der Waals surface area (Å²) >= 11 is 0. The molecule has 5 nitrogen and oxygen atoms in total. The predicted octanol–water partition coefficient (Wildman–Crippen LogP) is 0.515. The van der Waals surface area contributed by atoms with E-state index in [1.165, 1.54) is 6.42 Å². The number of nitrogens with two attached hydrogens (primary N) is 1. The van der Waals surface area contributed by atoms with E-state index in [9.17, 15) is 0 Å². The van der Waals surface area contributed by atoms with Gasteiger partial charge in [-0.2, -0.15) is 0 Å². The number of nitrogens with zero attached hydrogens (tertiary/aromatic N) is 3. The fraction of sp³-hybridized carbons (Fsp3) is 0.778. The largest absolute Gasteiger partial charge is 0.370 e. The normalized spacial score (nSPS) is 22.6. The predicted molar refractivity (Wildman–Crippen MR) is 51.4 cm³/mol. The molecule has 1 aromatic heterocycles. The topological polar surface area (TPSA) is 66.0 Å². The van der Waals surface area contributed by atoms with Crippen molar-refractivity contribution in [3.8, 4) is 0 Å². The van der Waals surface area contributed by atoms with E-state index < -0.39 is 0 Å². The van der Waals surface area contributed by atoms with Crippen LogP contribution in [0.2, 0.25) is 0 Å². The van der Waals surface area contributed by atoms with E-state index in [1.54, 1.807) is 0 Å². The molecular formula is C9H16N4O. The zero-order chi connectivity index (χ0) is 9.97. The van der Waals surface area contributed by atoms with Gasteiger partial charge in [0.05, 0.1) is 6.54 Å².